The van der Waals surface area contributed by atoms with Crippen LogP contribution in [-0.2, 0) is 0 Å². The second-order valence-electron chi connectivity index (χ2n) is 5.86. The Morgan fingerprint density at radius 3 is 2.59 bits per heavy atom. The summed E-state index contributed by atoms with van der Waals surface area (Å²) in [7, 11) is 0. The number of nitrogens with zero attached hydrogens (tertiary/aromatic N) is 2. The maximum atomic E-state index is 12.6. The van der Waals surface area contributed by atoms with Crippen molar-refractivity contribution in [1.82, 2.24) is 9.80 Å². The summed E-state index contributed by atoms with van der Waals surface area (Å²) in [5, 5.41) is 0.898. The van der Waals surface area contributed by atoms with Gasteiger partial charge in [0.25, 0.3) is 5.91 Å². The summed E-state index contributed by atoms with van der Waals surface area (Å²) in [6, 6.07) is 5.07. The Kier molecular flexibility index (Phi) is 6.30. The number of rotatable bonds is 3. The van der Waals surface area contributed by atoms with Gasteiger partial charge in [0.15, 0.2) is 0 Å². The van der Waals surface area contributed by atoms with Crippen LogP contribution >= 0.6 is 23.2 Å². The van der Waals surface area contributed by atoms with Gasteiger partial charge in [0.2, 0.25) is 0 Å². The Bertz CT molecular complexity index is 568. The van der Waals surface area contributed by atoms with Gasteiger partial charge in [0, 0.05) is 38.3 Å². The number of amides is 1. The molecule has 1 aliphatic rings. The standard InChI is InChI=1S/C17H22Cl2N2O/c1-13(2)6-9-20-7-3-8-21(11-10-20)17(22)14-4-5-15(18)16(19)12-14/h4-6,12H,3,7-11H2,1-2H3. The van der Waals surface area contributed by atoms with Crippen molar-refractivity contribution in [2.45, 2.75) is 20.3 Å². The van der Waals surface area contributed by atoms with Crippen LogP contribution < -0.4 is 0 Å². The summed E-state index contributed by atoms with van der Waals surface area (Å²) in [6.45, 7) is 8.62. The molecule has 1 fully saturated rings. The van der Waals surface area contributed by atoms with Gasteiger partial charge in [0.1, 0.15) is 0 Å². The van der Waals surface area contributed by atoms with E-state index in [1.165, 1.54) is 5.57 Å². The average Bonchev–Trinajstić information content (AvgIpc) is 2.73. The molecular formula is C17H22Cl2N2O. The van der Waals surface area contributed by atoms with Crippen LogP contribution in [0.1, 0.15) is 30.6 Å². The van der Waals surface area contributed by atoms with Gasteiger partial charge < -0.3 is 4.90 Å². The smallest absolute Gasteiger partial charge is 0.253 e. The highest BCUT2D eigenvalue weighted by Crippen LogP contribution is 2.23. The van der Waals surface area contributed by atoms with Gasteiger partial charge in [-0.25, -0.2) is 0 Å². The third-order valence-electron chi connectivity index (χ3n) is 3.80. The number of hydrogen-bond acceptors (Lipinski definition) is 2. The van der Waals surface area contributed by atoms with E-state index in [-0.39, 0.29) is 5.91 Å². The van der Waals surface area contributed by atoms with Gasteiger partial charge in [0.05, 0.1) is 10.0 Å². The van der Waals surface area contributed by atoms with Gasteiger partial charge in [-0.2, -0.15) is 0 Å². The monoisotopic (exact) mass is 340 g/mol. The number of benzene rings is 1. The van der Waals surface area contributed by atoms with E-state index < -0.39 is 0 Å². The van der Waals surface area contributed by atoms with Gasteiger partial charge in [-0.05, 0) is 38.5 Å². The summed E-state index contributed by atoms with van der Waals surface area (Å²) in [4.78, 5) is 16.9. The van der Waals surface area contributed by atoms with Crippen molar-refractivity contribution in [2.24, 2.45) is 0 Å². The topological polar surface area (TPSA) is 23.6 Å². The molecule has 3 nitrogen and oxygen atoms in total. The van der Waals surface area contributed by atoms with Crippen molar-refractivity contribution in [3.63, 3.8) is 0 Å². The minimum atomic E-state index is 0.0302. The van der Waals surface area contributed by atoms with Crippen LogP contribution in [0.25, 0.3) is 0 Å². The molecule has 5 heteroatoms. The van der Waals surface area contributed by atoms with E-state index in [2.05, 4.69) is 24.8 Å². The zero-order valence-corrected chi connectivity index (χ0v) is 14.6. The number of carbonyl (C=O) groups is 1. The Labute approximate surface area is 142 Å². The van der Waals surface area contributed by atoms with Crippen LogP contribution in [-0.4, -0.2) is 48.4 Å². The molecule has 0 atom stereocenters. The third kappa shape index (κ3) is 4.73. The summed E-state index contributed by atoms with van der Waals surface area (Å²) in [5.41, 5.74) is 1.93. The summed E-state index contributed by atoms with van der Waals surface area (Å²) < 4.78 is 0. The molecule has 0 N–H and O–H groups in total. The molecule has 0 radical (unpaired) electrons. The molecule has 0 saturated carbocycles. The van der Waals surface area contributed by atoms with Gasteiger partial charge >= 0.3 is 0 Å². The molecule has 1 amide bonds. The molecule has 2 rings (SSSR count). The number of allylic oxidation sites excluding steroid dienone is 1. The van der Waals surface area contributed by atoms with Crippen LogP contribution in [0.3, 0.4) is 0 Å². The SMILES string of the molecule is CC(C)=CCN1CCCN(C(=O)c2ccc(Cl)c(Cl)c2)CC1. The van der Waals surface area contributed by atoms with E-state index in [9.17, 15) is 4.79 Å². The van der Waals surface area contributed by atoms with Crippen LogP contribution in [0.15, 0.2) is 29.8 Å². The zero-order chi connectivity index (χ0) is 16.1. The molecular weight excluding hydrogens is 319 g/mol. The third-order valence-corrected chi connectivity index (χ3v) is 4.54. The Morgan fingerprint density at radius 1 is 1.14 bits per heavy atom. The molecule has 0 spiro atoms. The van der Waals surface area contributed by atoms with Gasteiger partial charge in [-0.15, -0.1) is 0 Å². The van der Waals surface area contributed by atoms with Crippen molar-refractivity contribution in [3.05, 3.63) is 45.5 Å². The highest BCUT2D eigenvalue weighted by Gasteiger charge is 2.20. The van der Waals surface area contributed by atoms with Crippen LogP contribution in [0, 0.1) is 0 Å². The van der Waals surface area contributed by atoms with Crippen molar-refractivity contribution >= 4 is 29.1 Å². The first-order chi connectivity index (χ1) is 10.5. The van der Waals surface area contributed by atoms with Gasteiger partial charge in [-0.1, -0.05) is 34.9 Å². The number of carbonyl (C=O) groups excluding carboxylic acids is 1. The van der Waals surface area contributed by atoms with Crippen molar-refractivity contribution in [3.8, 4) is 0 Å². The molecule has 1 aromatic carbocycles. The van der Waals surface area contributed by atoms with Crippen LogP contribution in [0.5, 0.6) is 0 Å². The Balaban J connectivity index is 1.99. The van der Waals surface area contributed by atoms with E-state index in [1.54, 1.807) is 18.2 Å². The summed E-state index contributed by atoms with van der Waals surface area (Å²) in [5.74, 6) is 0.0302. The van der Waals surface area contributed by atoms with E-state index in [0.29, 0.717) is 15.6 Å². The first-order valence-corrected chi connectivity index (χ1v) is 8.33. The van der Waals surface area contributed by atoms with Crippen LogP contribution in [0.2, 0.25) is 10.0 Å². The zero-order valence-electron chi connectivity index (χ0n) is 13.1. The summed E-state index contributed by atoms with van der Waals surface area (Å²) in [6.07, 6.45) is 3.22. The van der Waals surface area contributed by atoms with E-state index in [1.807, 2.05) is 4.90 Å². The number of hydrogen-bond donors (Lipinski definition) is 0. The maximum absolute atomic E-state index is 12.6. The lowest BCUT2D eigenvalue weighted by atomic mass is 10.2. The quantitative estimate of drug-likeness (QED) is 0.773. The van der Waals surface area contributed by atoms with Gasteiger partial charge in [-0.3, -0.25) is 9.69 Å². The second-order valence-corrected chi connectivity index (χ2v) is 6.67. The van der Waals surface area contributed by atoms with Crippen molar-refractivity contribution < 1.29 is 4.79 Å². The normalized spacial score (nSPS) is 16.3. The van der Waals surface area contributed by atoms with Crippen LogP contribution in [0.4, 0.5) is 0 Å². The molecule has 120 valence electrons. The molecule has 0 aromatic heterocycles. The molecule has 1 aromatic rings. The lowest BCUT2D eigenvalue weighted by molar-refractivity contribution is 0.0762. The lowest BCUT2D eigenvalue weighted by Gasteiger charge is -2.21. The minimum Gasteiger partial charge on any atom is -0.337 e. The fourth-order valence-corrected chi connectivity index (χ4v) is 2.78. The highest BCUT2D eigenvalue weighted by molar-refractivity contribution is 6.42. The predicted molar refractivity (Wildman–Crippen MR) is 92.9 cm³/mol. The Morgan fingerprint density at radius 2 is 1.91 bits per heavy atom. The molecule has 1 aliphatic heterocycles. The maximum Gasteiger partial charge on any atom is 0.253 e. The molecule has 1 heterocycles. The van der Waals surface area contributed by atoms with Crippen molar-refractivity contribution in [1.29, 1.82) is 0 Å². The average molecular weight is 341 g/mol. The second kappa shape index (κ2) is 8.00. The van der Waals surface area contributed by atoms with E-state index >= 15 is 0 Å². The molecule has 0 aliphatic carbocycles. The predicted octanol–water partition coefficient (Wildman–Crippen LogP) is 4.11. The molecule has 0 bridgehead atoms. The first-order valence-electron chi connectivity index (χ1n) is 7.57. The largest absolute Gasteiger partial charge is 0.337 e. The number of halogens is 2. The fourth-order valence-electron chi connectivity index (χ4n) is 2.48. The minimum absolute atomic E-state index is 0.0302. The molecule has 22 heavy (non-hydrogen) atoms. The fraction of sp³-hybridized carbons (Fsp3) is 0.471. The lowest BCUT2D eigenvalue weighted by Crippen LogP contribution is -2.35. The highest BCUT2D eigenvalue weighted by atomic mass is 35.5. The van der Waals surface area contributed by atoms with Crippen molar-refractivity contribution in [2.75, 3.05) is 32.7 Å². The molecule has 0 unspecified atom stereocenters. The first kappa shape index (κ1) is 17.3. The van der Waals surface area contributed by atoms with E-state index in [0.717, 1.165) is 39.1 Å². The summed E-state index contributed by atoms with van der Waals surface area (Å²) >= 11 is 11.9. The Hall–Kier alpha value is -1.03. The van der Waals surface area contributed by atoms with E-state index in [4.69, 9.17) is 23.2 Å². The molecule has 1 saturated heterocycles.